The van der Waals surface area contributed by atoms with Crippen molar-refractivity contribution in [2.75, 3.05) is 6.54 Å². The molecule has 0 aliphatic carbocycles. The fourth-order valence-electron chi connectivity index (χ4n) is 1.44. The van der Waals surface area contributed by atoms with Gasteiger partial charge in [0.2, 0.25) is 5.91 Å². The third kappa shape index (κ3) is 4.44. The predicted molar refractivity (Wildman–Crippen MR) is 62.8 cm³/mol. The van der Waals surface area contributed by atoms with Crippen molar-refractivity contribution in [3.63, 3.8) is 0 Å². The van der Waals surface area contributed by atoms with Crippen molar-refractivity contribution < 1.29 is 4.79 Å². The maximum absolute atomic E-state index is 11.6. The molecule has 16 heavy (non-hydrogen) atoms. The van der Waals surface area contributed by atoms with Crippen molar-refractivity contribution in [2.45, 2.75) is 38.6 Å². The summed E-state index contributed by atoms with van der Waals surface area (Å²) in [7, 11) is 0. The Kier molecular flexibility index (Phi) is 5.56. The summed E-state index contributed by atoms with van der Waals surface area (Å²) in [5.74, 6) is -0.0919. The van der Waals surface area contributed by atoms with E-state index in [1.54, 1.807) is 12.5 Å². The van der Waals surface area contributed by atoms with Crippen molar-refractivity contribution in [1.29, 1.82) is 0 Å². The molecule has 0 aliphatic rings. The molecule has 1 rings (SSSR count). The summed E-state index contributed by atoms with van der Waals surface area (Å²) in [5, 5.41) is 2.83. The normalized spacial score (nSPS) is 12.4. The number of aromatic amines is 1. The molecule has 1 aromatic heterocycles. The van der Waals surface area contributed by atoms with Gasteiger partial charge >= 0.3 is 0 Å². The van der Waals surface area contributed by atoms with Crippen LogP contribution in [-0.2, 0) is 11.2 Å². The summed E-state index contributed by atoms with van der Waals surface area (Å²) in [6.45, 7) is 2.84. The number of H-pyrrole nitrogens is 1. The van der Waals surface area contributed by atoms with Gasteiger partial charge in [-0.3, -0.25) is 4.79 Å². The SMILES string of the molecule is CCCCCNC(=O)[C@@H](N)Cc1cnc[nH]1. The van der Waals surface area contributed by atoms with Gasteiger partial charge in [0.25, 0.3) is 0 Å². The van der Waals surface area contributed by atoms with Crippen LogP contribution in [0.1, 0.15) is 31.9 Å². The van der Waals surface area contributed by atoms with Gasteiger partial charge < -0.3 is 16.0 Å². The molecular formula is C11H20N4O. The van der Waals surface area contributed by atoms with Crippen molar-refractivity contribution in [3.05, 3.63) is 18.2 Å². The lowest BCUT2D eigenvalue weighted by atomic mass is 10.1. The van der Waals surface area contributed by atoms with Crippen molar-refractivity contribution in [2.24, 2.45) is 5.73 Å². The number of aromatic nitrogens is 2. The second kappa shape index (κ2) is 7.00. The number of rotatable bonds is 7. The molecule has 0 saturated carbocycles. The molecule has 5 nitrogen and oxygen atoms in total. The summed E-state index contributed by atoms with van der Waals surface area (Å²) < 4.78 is 0. The molecule has 0 bridgehead atoms. The lowest BCUT2D eigenvalue weighted by Gasteiger charge is -2.10. The number of nitrogens with zero attached hydrogens (tertiary/aromatic N) is 1. The lowest BCUT2D eigenvalue weighted by molar-refractivity contribution is -0.122. The van der Waals surface area contributed by atoms with E-state index in [1.807, 2.05) is 0 Å². The number of nitrogens with one attached hydrogen (secondary N) is 2. The highest BCUT2D eigenvalue weighted by atomic mass is 16.2. The Hall–Kier alpha value is -1.36. The van der Waals surface area contributed by atoms with Crippen LogP contribution in [0.25, 0.3) is 0 Å². The minimum atomic E-state index is -0.498. The van der Waals surface area contributed by atoms with Crippen LogP contribution in [0.4, 0.5) is 0 Å². The molecule has 5 heteroatoms. The van der Waals surface area contributed by atoms with E-state index >= 15 is 0 Å². The van der Waals surface area contributed by atoms with E-state index in [9.17, 15) is 4.79 Å². The fraction of sp³-hybridized carbons (Fsp3) is 0.636. The van der Waals surface area contributed by atoms with Crippen LogP contribution in [0.2, 0.25) is 0 Å². The van der Waals surface area contributed by atoms with Crippen molar-refractivity contribution in [3.8, 4) is 0 Å². The summed E-state index contributed by atoms with van der Waals surface area (Å²) in [4.78, 5) is 18.4. The second-order valence-corrected chi connectivity index (χ2v) is 3.89. The molecule has 0 unspecified atom stereocenters. The Morgan fingerprint density at radius 1 is 1.62 bits per heavy atom. The monoisotopic (exact) mass is 224 g/mol. The number of imidazole rings is 1. The molecule has 0 radical (unpaired) electrons. The largest absolute Gasteiger partial charge is 0.355 e. The van der Waals surface area contributed by atoms with Crippen LogP contribution in [0.15, 0.2) is 12.5 Å². The molecule has 0 spiro atoms. The Bertz CT molecular complexity index is 297. The predicted octanol–water partition coefficient (Wildman–Crippen LogP) is 0.586. The highest BCUT2D eigenvalue weighted by Gasteiger charge is 2.13. The zero-order valence-electron chi connectivity index (χ0n) is 9.70. The molecule has 1 amide bonds. The molecule has 0 saturated heterocycles. The van der Waals surface area contributed by atoms with E-state index in [0.717, 1.165) is 25.0 Å². The van der Waals surface area contributed by atoms with E-state index in [1.165, 1.54) is 0 Å². The molecule has 4 N–H and O–H groups in total. The number of carbonyl (C=O) groups excluding carboxylic acids is 1. The van der Waals surface area contributed by atoms with Gasteiger partial charge in [0.15, 0.2) is 0 Å². The van der Waals surface area contributed by atoms with Crippen LogP contribution in [0.3, 0.4) is 0 Å². The van der Waals surface area contributed by atoms with E-state index in [-0.39, 0.29) is 5.91 Å². The van der Waals surface area contributed by atoms with Crippen LogP contribution in [0, 0.1) is 0 Å². The van der Waals surface area contributed by atoms with E-state index in [2.05, 4.69) is 22.2 Å². The van der Waals surface area contributed by atoms with Gasteiger partial charge in [-0.15, -0.1) is 0 Å². The van der Waals surface area contributed by atoms with Gasteiger partial charge in [-0.1, -0.05) is 19.8 Å². The van der Waals surface area contributed by atoms with Gasteiger partial charge in [-0.05, 0) is 6.42 Å². The maximum atomic E-state index is 11.6. The number of carbonyl (C=O) groups is 1. The average molecular weight is 224 g/mol. The van der Waals surface area contributed by atoms with E-state index < -0.39 is 6.04 Å². The summed E-state index contributed by atoms with van der Waals surface area (Å²) in [6.07, 6.45) is 7.07. The molecule has 0 aromatic carbocycles. The van der Waals surface area contributed by atoms with Gasteiger partial charge in [-0.2, -0.15) is 0 Å². The Balaban J connectivity index is 2.20. The zero-order valence-corrected chi connectivity index (χ0v) is 9.70. The second-order valence-electron chi connectivity index (χ2n) is 3.89. The van der Waals surface area contributed by atoms with Crippen LogP contribution in [0.5, 0.6) is 0 Å². The molecule has 1 atom stereocenters. The quantitative estimate of drug-likeness (QED) is 0.592. The summed E-state index contributed by atoms with van der Waals surface area (Å²) >= 11 is 0. The molecular weight excluding hydrogens is 204 g/mol. The summed E-state index contributed by atoms with van der Waals surface area (Å²) in [6, 6.07) is -0.498. The van der Waals surface area contributed by atoms with Crippen molar-refractivity contribution in [1.82, 2.24) is 15.3 Å². The van der Waals surface area contributed by atoms with Gasteiger partial charge in [-0.25, -0.2) is 4.98 Å². The first-order valence-electron chi connectivity index (χ1n) is 5.74. The molecule has 0 aliphatic heterocycles. The van der Waals surface area contributed by atoms with Crippen LogP contribution < -0.4 is 11.1 Å². The first kappa shape index (κ1) is 12.7. The maximum Gasteiger partial charge on any atom is 0.237 e. The number of unbranched alkanes of at least 4 members (excludes halogenated alkanes) is 2. The third-order valence-corrected chi connectivity index (χ3v) is 2.41. The first-order valence-corrected chi connectivity index (χ1v) is 5.74. The highest BCUT2D eigenvalue weighted by molar-refractivity contribution is 5.81. The molecule has 1 heterocycles. The van der Waals surface area contributed by atoms with Gasteiger partial charge in [0.05, 0.1) is 12.4 Å². The van der Waals surface area contributed by atoms with Crippen LogP contribution in [-0.4, -0.2) is 28.5 Å². The standard InChI is InChI=1S/C11H20N4O/c1-2-3-4-5-14-11(16)10(12)6-9-7-13-8-15-9/h7-8,10H,2-6,12H2,1H3,(H,13,15)(H,14,16)/t10-/m0/s1. The zero-order chi connectivity index (χ0) is 11.8. The van der Waals surface area contributed by atoms with Crippen molar-refractivity contribution >= 4 is 5.91 Å². The smallest absolute Gasteiger partial charge is 0.237 e. The topological polar surface area (TPSA) is 83.8 Å². The number of nitrogens with two attached hydrogens (primary N) is 1. The summed E-state index contributed by atoms with van der Waals surface area (Å²) in [5.41, 5.74) is 6.65. The first-order chi connectivity index (χ1) is 7.74. The third-order valence-electron chi connectivity index (χ3n) is 2.41. The lowest BCUT2D eigenvalue weighted by Crippen LogP contribution is -2.42. The average Bonchev–Trinajstić information content (AvgIpc) is 2.76. The van der Waals surface area contributed by atoms with Gasteiger partial charge in [0, 0.05) is 24.9 Å². The fourth-order valence-corrected chi connectivity index (χ4v) is 1.44. The number of hydrogen-bond acceptors (Lipinski definition) is 3. The Morgan fingerprint density at radius 3 is 3.06 bits per heavy atom. The minimum Gasteiger partial charge on any atom is -0.355 e. The highest BCUT2D eigenvalue weighted by Crippen LogP contribution is 1.97. The Labute approximate surface area is 95.8 Å². The molecule has 0 fully saturated rings. The van der Waals surface area contributed by atoms with E-state index in [4.69, 9.17) is 5.73 Å². The van der Waals surface area contributed by atoms with E-state index in [0.29, 0.717) is 13.0 Å². The number of amides is 1. The molecule has 1 aromatic rings. The molecule has 90 valence electrons. The minimum absolute atomic E-state index is 0.0919. The van der Waals surface area contributed by atoms with Gasteiger partial charge in [0.1, 0.15) is 0 Å². The van der Waals surface area contributed by atoms with Crippen LogP contribution >= 0.6 is 0 Å². The Morgan fingerprint density at radius 2 is 2.44 bits per heavy atom. The number of hydrogen-bond donors (Lipinski definition) is 3.